The number of rotatable bonds is 6. The molecule has 0 fully saturated rings. The number of carbonyl (C=O) groups is 1. The van der Waals surface area contributed by atoms with Gasteiger partial charge in [0.1, 0.15) is 5.69 Å². The molecule has 1 amide bonds. The second kappa shape index (κ2) is 7.17. The van der Waals surface area contributed by atoms with Crippen LogP contribution in [0.25, 0.3) is 0 Å². The molecule has 1 heterocycles. The maximum absolute atomic E-state index is 12.1. The largest absolute Gasteiger partial charge is 0.493 e. The van der Waals surface area contributed by atoms with Crippen molar-refractivity contribution < 1.29 is 14.3 Å². The smallest absolute Gasteiger partial charge is 0.271 e. The Labute approximate surface area is 134 Å². The first-order valence-electron chi connectivity index (χ1n) is 6.73. The van der Waals surface area contributed by atoms with Crippen molar-refractivity contribution in [3.05, 3.63) is 40.7 Å². The third-order valence-electron chi connectivity index (χ3n) is 3.26. The summed E-state index contributed by atoms with van der Waals surface area (Å²) in [5, 5.41) is 7.10. The van der Waals surface area contributed by atoms with Gasteiger partial charge in [-0.2, -0.15) is 5.10 Å². The van der Waals surface area contributed by atoms with E-state index >= 15 is 0 Å². The molecule has 0 atom stereocenters. The van der Waals surface area contributed by atoms with Crippen LogP contribution in [0.15, 0.2) is 24.4 Å². The van der Waals surface area contributed by atoms with Gasteiger partial charge in [0.05, 0.1) is 25.4 Å². The van der Waals surface area contributed by atoms with Gasteiger partial charge >= 0.3 is 0 Å². The fourth-order valence-corrected chi connectivity index (χ4v) is 2.36. The van der Waals surface area contributed by atoms with E-state index in [1.165, 1.54) is 10.9 Å². The molecule has 7 heteroatoms. The summed E-state index contributed by atoms with van der Waals surface area (Å²) in [7, 11) is 4.86. The van der Waals surface area contributed by atoms with Crippen LogP contribution in [0, 0.1) is 0 Å². The Morgan fingerprint density at radius 3 is 2.64 bits per heavy atom. The van der Waals surface area contributed by atoms with Crippen molar-refractivity contribution >= 4 is 17.5 Å². The third-order valence-corrected chi connectivity index (χ3v) is 3.53. The minimum absolute atomic E-state index is 0.245. The normalized spacial score (nSPS) is 10.4. The maximum Gasteiger partial charge on any atom is 0.271 e. The van der Waals surface area contributed by atoms with E-state index in [-0.39, 0.29) is 5.91 Å². The van der Waals surface area contributed by atoms with Gasteiger partial charge in [0.15, 0.2) is 11.5 Å². The van der Waals surface area contributed by atoms with E-state index in [1.54, 1.807) is 21.3 Å². The lowest BCUT2D eigenvalue weighted by molar-refractivity contribution is 0.0945. The zero-order chi connectivity index (χ0) is 16.1. The number of nitrogens with one attached hydrogen (secondary N) is 1. The topological polar surface area (TPSA) is 65.4 Å². The van der Waals surface area contributed by atoms with E-state index in [4.69, 9.17) is 21.1 Å². The zero-order valence-electron chi connectivity index (χ0n) is 12.7. The van der Waals surface area contributed by atoms with Gasteiger partial charge in [-0.3, -0.25) is 9.48 Å². The highest BCUT2D eigenvalue weighted by Gasteiger charge is 2.15. The molecule has 22 heavy (non-hydrogen) atoms. The Hall–Kier alpha value is -2.21. The molecular weight excluding hydrogens is 306 g/mol. The number of hydrogen-bond donors (Lipinski definition) is 1. The van der Waals surface area contributed by atoms with E-state index in [0.29, 0.717) is 35.2 Å². The number of ether oxygens (including phenoxy) is 2. The van der Waals surface area contributed by atoms with Crippen molar-refractivity contribution in [2.24, 2.45) is 7.05 Å². The number of hydrogen-bond acceptors (Lipinski definition) is 4. The Kier molecular flexibility index (Phi) is 5.27. The summed E-state index contributed by atoms with van der Waals surface area (Å²) in [6.45, 7) is 0.482. The Bertz CT molecular complexity index is 651. The van der Waals surface area contributed by atoms with Crippen LogP contribution in [0.5, 0.6) is 11.5 Å². The molecule has 0 saturated heterocycles. The summed E-state index contributed by atoms with van der Waals surface area (Å²) in [6.07, 6.45) is 2.12. The van der Waals surface area contributed by atoms with Gasteiger partial charge in [0.25, 0.3) is 5.91 Å². The molecule has 2 aromatic rings. The second-order valence-corrected chi connectivity index (χ2v) is 5.07. The number of halogens is 1. The van der Waals surface area contributed by atoms with Crippen LogP contribution < -0.4 is 14.8 Å². The number of aromatic nitrogens is 2. The predicted octanol–water partition coefficient (Wildman–Crippen LogP) is 2.06. The molecule has 1 aromatic heterocycles. The Morgan fingerprint density at radius 1 is 1.32 bits per heavy atom. The quantitative estimate of drug-likeness (QED) is 0.883. The monoisotopic (exact) mass is 323 g/mol. The zero-order valence-corrected chi connectivity index (χ0v) is 13.5. The van der Waals surface area contributed by atoms with E-state index < -0.39 is 0 Å². The highest BCUT2D eigenvalue weighted by Crippen LogP contribution is 2.27. The summed E-state index contributed by atoms with van der Waals surface area (Å²) in [5.74, 6) is 1.10. The van der Waals surface area contributed by atoms with Crippen molar-refractivity contribution in [3.8, 4) is 11.5 Å². The number of nitrogens with zero attached hydrogens (tertiary/aromatic N) is 2. The third kappa shape index (κ3) is 3.51. The van der Waals surface area contributed by atoms with Crippen molar-refractivity contribution in [3.63, 3.8) is 0 Å². The van der Waals surface area contributed by atoms with Crippen molar-refractivity contribution in [2.75, 3.05) is 20.8 Å². The molecule has 0 aliphatic heterocycles. The van der Waals surface area contributed by atoms with E-state index in [2.05, 4.69) is 10.4 Å². The molecule has 0 spiro atoms. The molecule has 0 saturated carbocycles. The molecular formula is C15H18ClN3O3. The van der Waals surface area contributed by atoms with Gasteiger partial charge in [-0.1, -0.05) is 17.7 Å². The van der Waals surface area contributed by atoms with Crippen molar-refractivity contribution in [1.82, 2.24) is 15.1 Å². The van der Waals surface area contributed by atoms with Crippen molar-refractivity contribution in [1.29, 1.82) is 0 Å². The average Bonchev–Trinajstić information content (AvgIpc) is 2.86. The molecule has 1 N–H and O–H groups in total. The lowest BCUT2D eigenvalue weighted by Crippen LogP contribution is -2.27. The number of aryl methyl sites for hydroxylation is 1. The fraction of sp³-hybridized carbons (Fsp3) is 0.333. The fourth-order valence-electron chi connectivity index (χ4n) is 2.11. The first kappa shape index (κ1) is 16.2. The van der Waals surface area contributed by atoms with Crippen LogP contribution in [-0.2, 0) is 13.5 Å². The lowest BCUT2D eigenvalue weighted by atomic mass is 10.1. The summed E-state index contributed by atoms with van der Waals surface area (Å²) in [5.41, 5.74) is 1.39. The van der Waals surface area contributed by atoms with Gasteiger partial charge < -0.3 is 14.8 Å². The van der Waals surface area contributed by atoms with Crippen LogP contribution in [0.1, 0.15) is 16.1 Å². The highest BCUT2D eigenvalue weighted by atomic mass is 35.5. The average molecular weight is 324 g/mol. The minimum Gasteiger partial charge on any atom is -0.493 e. The molecule has 2 rings (SSSR count). The highest BCUT2D eigenvalue weighted by molar-refractivity contribution is 6.33. The number of carbonyl (C=O) groups excluding carboxylic acids is 1. The molecule has 0 aliphatic carbocycles. The van der Waals surface area contributed by atoms with Crippen molar-refractivity contribution in [2.45, 2.75) is 6.42 Å². The summed E-state index contributed by atoms with van der Waals surface area (Å²) >= 11 is 5.93. The lowest BCUT2D eigenvalue weighted by Gasteiger charge is -2.10. The molecule has 6 nitrogen and oxygen atoms in total. The Morgan fingerprint density at radius 2 is 2.05 bits per heavy atom. The number of amides is 1. The molecule has 118 valence electrons. The Balaban J connectivity index is 1.95. The second-order valence-electron chi connectivity index (χ2n) is 4.66. The summed E-state index contributed by atoms with van der Waals surface area (Å²) in [6, 6.07) is 5.67. The maximum atomic E-state index is 12.1. The van der Waals surface area contributed by atoms with E-state index in [1.807, 2.05) is 18.2 Å². The molecule has 0 radical (unpaired) electrons. The van der Waals surface area contributed by atoms with Crippen LogP contribution in [0.2, 0.25) is 5.02 Å². The van der Waals surface area contributed by atoms with Gasteiger partial charge in [0.2, 0.25) is 0 Å². The first-order chi connectivity index (χ1) is 10.6. The predicted molar refractivity (Wildman–Crippen MR) is 83.8 cm³/mol. The SMILES string of the molecule is COc1ccc(CCNC(=O)c2c(Cl)cnn2C)cc1OC. The summed E-state index contributed by atoms with van der Waals surface area (Å²) < 4.78 is 11.9. The summed E-state index contributed by atoms with van der Waals surface area (Å²) in [4.78, 5) is 12.1. The molecule has 0 unspecified atom stereocenters. The standard InChI is InChI=1S/C15H18ClN3O3/c1-19-14(11(16)9-18-19)15(20)17-7-6-10-4-5-12(21-2)13(8-10)22-3/h4-5,8-9H,6-7H2,1-3H3,(H,17,20). The number of benzene rings is 1. The van der Waals surface area contributed by atoms with Crippen LogP contribution in [0.4, 0.5) is 0 Å². The van der Waals surface area contributed by atoms with Crippen LogP contribution in [0.3, 0.4) is 0 Å². The number of methoxy groups -OCH3 is 2. The first-order valence-corrected chi connectivity index (χ1v) is 7.11. The van der Waals surface area contributed by atoms with Gasteiger partial charge in [-0.15, -0.1) is 0 Å². The van der Waals surface area contributed by atoms with Gasteiger partial charge in [0, 0.05) is 13.6 Å². The molecule has 1 aromatic carbocycles. The minimum atomic E-state index is -0.245. The van der Waals surface area contributed by atoms with Crippen LogP contribution in [-0.4, -0.2) is 36.5 Å². The molecule has 0 bridgehead atoms. The van der Waals surface area contributed by atoms with E-state index in [9.17, 15) is 4.79 Å². The molecule has 0 aliphatic rings. The van der Waals surface area contributed by atoms with Gasteiger partial charge in [-0.05, 0) is 24.1 Å². The van der Waals surface area contributed by atoms with E-state index in [0.717, 1.165) is 5.56 Å². The van der Waals surface area contributed by atoms with Crippen LogP contribution >= 0.6 is 11.6 Å². The van der Waals surface area contributed by atoms with Gasteiger partial charge in [-0.25, -0.2) is 0 Å².